The van der Waals surface area contributed by atoms with E-state index in [2.05, 4.69) is 66.5 Å². The maximum atomic E-state index is 13.6. The molecule has 0 unspecified atom stereocenters. The number of esters is 1. The second kappa shape index (κ2) is 45.3. The first-order valence-corrected chi connectivity index (χ1v) is 40.9. The Kier molecular flexibility index (Phi) is 31.9. The number of para-hydroxylation sites is 2. The van der Waals surface area contributed by atoms with Gasteiger partial charge in [0.1, 0.15) is 46.4 Å². The highest BCUT2D eigenvalue weighted by atomic mass is 19.2. The first-order chi connectivity index (χ1) is 66.3. The molecular weight excluding hydrogens is 1810 g/mol. The highest BCUT2D eigenvalue weighted by molar-refractivity contribution is 5.98. The lowest BCUT2D eigenvalue weighted by Crippen LogP contribution is -2.00. The van der Waals surface area contributed by atoms with Crippen LogP contribution < -0.4 is 31.9 Å². The Balaban J connectivity index is 0.000000140. The summed E-state index contributed by atoms with van der Waals surface area (Å²) in [6, 6.07) is 64.8. The number of carbonyl (C=O) groups excluding carboxylic acids is 6. The quantitative estimate of drug-likeness (QED) is 0.0186. The number of hydrogen-bond acceptors (Lipinski definition) is 25. The monoisotopic (exact) mass is 1880 g/mol. The Hall–Kier alpha value is -18.3. The Bertz CT molecular complexity index is 7310. The van der Waals surface area contributed by atoms with Gasteiger partial charge in [-0.3, -0.25) is 24.0 Å². The molecule has 36 heteroatoms. The fourth-order valence-corrected chi connectivity index (χ4v) is 12.4. The molecule has 0 saturated heterocycles. The number of hydrogen-bond donors (Lipinski definition) is 6. The molecular formula is C102H73F11N12O13. The van der Waals surface area contributed by atoms with E-state index in [9.17, 15) is 77.1 Å². The van der Waals surface area contributed by atoms with Gasteiger partial charge >= 0.3 is 5.97 Å². The van der Waals surface area contributed by atoms with E-state index in [1.807, 2.05) is 0 Å². The molecule has 18 aromatic rings. The van der Waals surface area contributed by atoms with Gasteiger partial charge in [-0.15, -0.1) is 0 Å². The predicted octanol–water partition coefficient (Wildman–Crippen LogP) is 26.8. The van der Waals surface area contributed by atoms with E-state index >= 15 is 0 Å². The largest absolute Gasteiger partial charge is 0.465 e. The number of Topliss-reactive ketones (excluding diaryl/α,β-unsaturated/α-hetero) is 5. The summed E-state index contributed by atoms with van der Waals surface area (Å²) >= 11 is 0. The maximum absolute atomic E-state index is 13.6. The van der Waals surface area contributed by atoms with Crippen molar-refractivity contribution in [3.8, 4) is 67.9 Å². The molecule has 696 valence electrons. The fourth-order valence-electron chi connectivity index (χ4n) is 12.4. The first-order valence-electron chi connectivity index (χ1n) is 40.9. The number of nitrogens with one attached hydrogen (secondary N) is 6. The second-order valence-corrected chi connectivity index (χ2v) is 29.2. The highest BCUT2D eigenvalue weighted by Crippen LogP contribution is 2.35. The lowest BCUT2D eigenvalue weighted by molar-refractivity contribution is 0.0599. The molecule has 0 spiro atoms. The molecule has 6 heterocycles. The number of methoxy groups -OCH3 is 1. The number of halogens is 11. The van der Waals surface area contributed by atoms with Gasteiger partial charge < -0.3 is 63.1 Å². The van der Waals surface area contributed by atoms with E-state index in [0.29, 0.717) is 108 Å². The topological polar surface area (TPSA) is 340 Å². The molecule has 0 aliphatic heterocycles. The van der Waals surface area contributed by atoms with E-state index in [0.717, 1.165) is 53.6 Å². The third kappa shape index (κ3) is 26.1. The van der Waals surface area contributed by atoms with Crippen molar-refractivity contribution in [1.29, 1.82) is 0 Å². The summed E-state index contributed by atoms with van der Waals surface area (Å²) in [4.78, 5) is 92.2. The van der Waals surface area contributed by atoms with Crippen molar-refractivity contribution in [2.75, 3.05) is 39.0 Å². The fraction of sp³-hybridized carbons (Fsp3) is 0.0588. The Morgan fingerprint density at radius 3 is 0.848 bits per heavy atom. The van der Waals surface area contributed by atoms with Gasteiger partial charge in [0.05, 0.1) is 78.3 Å². The summed E-state index contributed by atoms with van der Waals surface area (Å²) < 4.78 is 185. The molecule has 0 atom stereocenters. The van der Waals surface area contributed by atoms with E-state index in [1.54, 1.807) is 188 Å². The van der Waals surface area contributed by atoms with Crippen LogP contribution in [0.15, 0.2) is 325 Å². The third-order valence-corrected chi connectivity index (χ3v) is 19.4. The minimum Gasteiger partial charge on any atom is -0.465 e. The maximum Gasteiger partial charge on any atom is 0.337 e. The summed E-state index contributed by atoms with van der Waals surface area (Å²) in [7, 11) is 1.32. The lowest BCUT2D eigenvalue weighted by atomic mass is 10.1. The van der Waals surface area contributed by atoms with Crippen molar-refractivity contribution < 1.29 is 108 Å². The van der Waals surface area contributed by atoms with Gasteiger partial charge in [0.15, 0.2) is 86.7 Å². The molecule has 0 aliphatic carbocycles. The van der Waals surface area contributed by atoms with Crippen molar-refractivity contribution in [2.45, 2.75) is 34.6 Å². The second-order valence-electron chi connectivity index (χ2n) is 29.2. The molecule has 0 aliphatic rings. The zero-order valence-electron chi connectivity index (χ0n) is 72.9. The van der Waals surface area contributed by atoms with E-state index in [4.69, 9.17) is 26.5 Å². The molecule has 0 bridgehead atoms. The van der Waals surface area contributed by atoms with Gasteiger partial charge in [-0.25, -0.2) is 83.0 Å². The van der Waals surface area contributed by atoms with Crippen LogP contribution >= 0.6 is 0 Å². The summed E-state index contributed by atoms with van der Waals surface area (Å²) in [5.74, 6) is -6.50. The molecule has 25 nitrogen and oxygen atoms in total. The minimum absolute atomic E-state index is 0.00558. The van der Waals surface area contributed by atoms with Crippen molar-refractivity contribution in [3.63, 3.8) is 0 Å². The highest BCUT2D eigenvalue weighted by Gasteiger charge is 2.21. The van der Waals surface area contributed by atoms with Crippen LogP contribution in [0.1, 0.15) is 96.8 Å². The summed E-state index contributed by atoms with van der Waals surface area (Å²) in [5.41, 5.74) is 7.09. The molecule has 6 N–H and O–H groups in total. The Morgan fingerprint density at radius 1 is 0.239 bits per heavy atom. The molecule has 6 aromatic heterocycles. The summed E-state index contributed by atoms with van der Waals surface area (Å²) in [6.45, 7) is 7.38. The number of rotatable bonds is 24. The number of benzene rings is 12. The van der Waals surface area contributed by atoms with Gasteiger partial charge in [0.2, 0.25) is 0 Å². The van der Waals surface area contributed by atoms with Gasteiger partial charge in [-0.05, 0) is 126 Å². The number of carbonyl (C=O) groups is 6. The van der Waals surface area contributed by atoms with Crippen LogP contribution in [0.3, 0.4) is 0 Å². The molecule has 0 saturated carbocycles. The smallest absolute Gasteiger partial charge is 0.337 e. The van der Waals surface area contributed by atoms with Gasteiger partial charge in [-0.1, -0.05) is 146 Å². The van der Waals surface area contributed by atoms with Crippen LogP contribution in [-0.4, -0.2) is 71.9 Å². The molecule has 138 heavy (non-hydrogen) atoms. The third-order valence-electron chi connectivity index (χ3n) is 19.4. The molecule has 18 rings (SSSR count). The minimum atomic E-state index is -1.11. The van der Waals surface area contributed by atoms with Crippen molar-refractivity contribution in [1.82, 2.24) is 29.9 Å². The standard InChI is InChI=1S/C17H11F3N2O2.3C17H12F2N2O2.C17H13FN2O3.C17H13FN2O2/c1-9(23)10-3-2-4-11(5-10)15-8-21-17(24-15)22-16-13(19)6-12(18)7-14(16)20;1-10(22)11-2-4-12(5-3-11)16-9-20-17(23-16)21-15-8-13(18)6-7-14(15)19;1-10(22)11-4-2-5-12(8-11)15-9-20-17(23-15)21-14-7-3-6-13(18)16(14)19;1-10(22)11-3-2-4-12(7-11)16-9-20-17(23-16)21-15-8-13(18)5-6-14(15)19;1-22-16(21)12-6-4-5-11(9-12)15-10-19-17(23-15)20-14-8-3-2-7-13(14)18;1-11(21)12-6-8-13(9-7-12)16-10-19-17(22-16)20-15-5-3-2-4-14(15)18/h2-8H,1H3,(H,21,22);3*2-9H,1H3,(H,20,21);2-10H,1H3,(H,19,20);2-10H,1H3,(H,19,20). The van der Waals surface area contributed by atoms with Gasteiger partial charge in [0, 0.05) is 85.5 Å². The number of oxazole rings is 6. The van der Waals surface area contributed by atoms with Crippen molar-refractivity contribution >= 4 is 105 Å². The van der Waals surface area contributed by atoms with Crippen molar-refractivity contribution in [3.05, 3.63) is 395 Å². The zero-order chi connectivity index (χ0) is 98.2. The summed E-state index contributed by atoms with van der Waals surface area (Å²) in [5, 5.41) is 15.6. The first kappa shape index (κ1) is 97.3. The van der Waals surface area contributed by atoms with Gasteiger partial charge in [0.25, 0.3) is 36.1 Å². The van der Waals surface area contributed by atoms with E-state index < -0.39 is 69.8 Å². The van der Waals surface area contributed by atoms with Crippen LogP contribution in [-0.2, 0) is 4.74 Å². The average Bonchev–Trinajstić information content (AvgIpc) is 1.64. The van der Waals surface area contributed by atoms with E-state index in [1.165, 1.54) is 97.0 Å². The number of anilines is 12. The van der Waals surface area contributed by atoms with Crippen LogP contribution in [0, 0.1) is 64.0 Å². The Labute approximate surface area is 776 Å². The normalized spacial score (nSPS) is 10.5. The summed E-state index contributed by atoms with van der Waals surface area (Å²) in [6.07, 6.45) is 8.74. The predicted molar refractivity (Wildman–Crippen MR) is 491 cm³/mol. The van der Waals surface area contributed by atoms with Crippen LogP contribution in [0.5, 0.6) is 0 Å². The van der Waals surface area contributed by atoms with Crippen molar-refractivity contribution in [2.24, 2.45) is 0 Å². The number of nitrogens with zero attached hydrogens (tertiary/aromatic N) is 6. The zero-order valence-corrected chi connectivity index (χ0v) is 72.9. The van der Waals surface area contributed by atoms with Crippen LogP contribution in [0.4, 0.5) is 119 Å². The van der Waals surface area contributed by atoms with Gasteiger partial charge in [-0.2, -0.15) is 0 Å². The van der Waals surface area contributed by atoms with E-state index in [-0.39, 0.29) is 93.6 Å². The lowest BCUT2D eigenvalue weighted by Gasteiger charge is -2.05. The number of aromatic nitrogens is 6. The van der Waals surface area contributed by atoms with Crippen LogP contribution in [0.25, 0.3) is 67.9 Å². The van der Waals surface area contributed by atoms with Crippen LogP contribution in [0.2, 0.25) is 0 Å². The molecule has 0 fully saturated rings. The molecule has 12 aromatic carbocycles. The average molecular weight is 1880 g/mol. The molecule has 0 amide bonds. The number of ether oxygens (including phenoxy) is 1. The number of ketones is 5. The Morgan fingerprint density at radius 2 is 0.514 bits per heavy atom. The molecule has 0 radical (unpaired) electrons. The SMILES string of the molecule is CC(=O)c1ccc(-c2cnc(Nc3cc(F)ccc3F)o2)cc1.CC(=O)c1ccc(-c2cnc(Nc3ccccc3F)o2)cc1.CC(=O)c1cccc(-c2cnc(Nc3c(F)cc(F)cc3F)o2)c1.CC(=O)c1cccc(-c2cnc(Nc3cc(F)ccc3F)o2)c1.CC(=O)c1cccc(-c2cnc(Nc3cccc(F)c3F)o2)c1.COC(=O)c1cccc(-c2cnc(Nc3ccccc3F)o2)c1.